The monoisotopic (exact) mass is 284 g/mol. The Morgan fingerprint density at radius 1 is 1.10 bits per heavy atom. The lowest BCUT2D eigenvalue weighted by Gasteiger charge is -2.32. The Hall–Kier alpha value is -1.33. The van der Waals surface area contributed by atoms with Gasteiger partial charge in [0.25, 0.3) is 0 Å². The van der Waals surface area contributed by atoms with Crippen LogP contribution in [0.1, 0.15) is 57.4 Å². The number of nitriles is 1. The summed E-state index contributed by atoms with van der Waals surface area (Å²) in [5.41, 5.74) is 0.910. The van der Waals surface area contributed by atoms with Crippen LogP contribution in [0, 0.1) is 11.3 Å². The summed E-state index contributed by atoms with van der Waals surface area (Å²) in [6.45, 7) is 5.69. The fraction of sp³-hybridized carbons (Fsp3) is 0.632. The number of rotatable bonds is 7. The zero-order valence-electron chi connectivity index (χ0n) is 13.4. The molecule has 0 N–H and O–H groups in total. The zero-order valence-corrected chi connectivity index (χ0v) is 13.4. The quantitative estimate of drug-likeness (QED) is 0.736. The second kappa shape index (κ2) is 8.20. The van der Waals surface area contributed by atoms with Gasteiger partial charge in [-0.25, -0.2) is 0 Å². The van der Waals surface area contributed by atoms with Crippen molar-refractivity contribution in [3.8, 4) is 6.07 Å². The zero-order chi connectivity index (χ0) is 15.0. The van der Waals surface area contributed by atoms with Crippen LogP contribution in [0.3, 0.4) is 0 Å². The first kappa shape index (κ1) is 16.0. The number of hydrogen-bond acceptors (Lipinski definition) is 2. The van der Waals surface area contributed by atoms with Crippen molar-refractivity contribution >= 4 is 0 Å². The lowest BCUT2D eigenvalue weighted by molar-refractivity contribution is 0.210. The van der Waals surface area contributed by atoms with Gasteiger partial charge in [-0.2, -0.15) is 5.26 Å². The van der Waals surface area contributed by atoms with Gasteiger partial charge in [-0.3, -0.25) is 0 Å². The first-order chi connectivity index (χ1) is 10.3. The summed E-state index contributed by atoms with van der Waals surface area (Å²) in [5, 5.41) is 9.92. The first-order valence-electron chi connectivity index (χ1n) is 8.50. The molecule has 21 heavy (non-hydrogen) atoms. The van der Waals surface area contributed by atoms with E-state index in [0.29, 0.717) is 0 Å². The number of piperidine rings is 1. The highest BCUT2D eigenvalue weighted by atomic mass is 15.1. The maximum Gasteiger partial charge on any atom is 0.0834 e. The van der Waals surface area contributed by atoms with E-state index in [0.717, 1.165) is 32.2 Å². The molecule has 1 aromatic carbocycles. The summed E-state index contributed by atoms with van der Waals surface area (Å²) < 4.78 is 0. The molecule has 1 atom stereocenters. The Morgan fingerprint density at radius 2 is 1.81 bits per heavy atom. The molecule has 0 aromatic heterocycles. The topological polar surface area (TPSA) is 27.0 Å². The third-order valence-corrected chi connectivity index (χ3v) is 4.80. The second-order valence-electron chi connectivity index (χ2n) is 6.32. The average molecular weight is 284 g/mol. The minimum atomic E-state index is -0.297. The Morgan fingerprint density at radius 3 is 2.43 bits per heavy atom. The van der Waals surface area contributed by atoms with E-state index < -0.39 is 0 Å². The number of benzene rings is 1. The van der Waals surface area contributed by atoms with Gasteiger partial charge < -0.3 is 4.90 Å². The Kier molecular flexibility index (Phi) is 6.26. The van der Waals surface area contributed by atoms with E-state index >= 15 is 0 Å². The Bertz CT molecular complexity index is 442. The molecule has 1 aliphatic rings. The molecule has 1 fully saturated rings. The molecule has 1 unspecified atom stereocenters. The molecule has 1 saturated heterocycles. The van der Waals surface area contributed by atoms with Crippen molar-refractivity contribution in [2.45, 2.75) is 57.3 Å². The molecular formula is C19H28N2. The fourth-order valence-electron chi connectivity index (χ4n) is 3.36. The van der Waals surface area contributed by atoms with Crippen LogP contribution in [0.15, 0.2) is 30.3 Å². The summed E-state index contributed by atoms with van der Waals surface area (Å²) in [5.74, 6) is 0. The van der Waals surface area contributed by atoms with Crippen LogP contribution in [-0.4, -0.2) is 24.5 Å². The van der Waals surface area contributed by atoms with Gasteiger partial charge in [0.2, 0.25) is 0 Å². The summed E-state index contributed by atoms with van der Waals surface area (Å²) in [6.07, 6.45) is 8.24. The van der Waals surface area contributed by atoms with E-state index in [4.69, 9.17) is 0 Å². The lowest BCUT2D eigenvalue weighted by Crippen LogP contribution is -2.35. The van der Waals surface area contributed by atoms with Gasteiger partial charge in [-0.1, -0.05) is 56.5 Å². The standard InChI is InChI=1S/C19H28N2/c1-2-3-12-19(17-20,18-10-6-4-7-11-18)13-16-21-14-8-5-9-15-21/h4,6-7,10-11H,2-3,5,8-9,12-16H2,1H3. The predicted octanol–water partition coefficient (Wildman–Crippen LogP) is 4.51. The smallest absolute Gasteiger partial charge is 0.0834 e. The molecule has 0 spiro atoms. The van der Waals surface area contributed by atoms with Crippen molar-refractivity contribution in [1.29, 1.82) is 5.26 Å². The van der Waals surface area contributed by atoms with Gasteiger partial charge in [0.1, 0.15) is 0 Å². The molecular weight excluding hydrogens is 256 g/mol. The molecule has 1 aliphatic heterocycles. The van der Waals surface area contributed by atoms with Gasteiger partial charge in [0.15, 0.2) is 0 Å². The summed E-state index contributed by atoms with van der Waals surface area (Å²) in [6, 6.07) is 13.1. The molecule has 114 valence electrons. The predicted molar refractivity (Wildman–Crippen MR) is 88.2 cm³/mol. The van der Waals surface area contributed by atoms with E-state index in [9.17, 15) is 5.26 Å². The number of nitrogens with zero attached hydrogens (tertiary/aromatic N) is 2. The lowest BCUT2D eigenvalue weighted by atomic mass is 9.75. The molecule has 1 heterocycles. The van der Waals surface area contributed by atoms with Crippen molar-refractivity contribution in [3.63, 3.8) is 0 Å². The highest BCUT2D eigenvalue weighted by molar-refractivity contribution is 5.32. The number of hydrogen-bond donors (Lipinski definition) is 0. The number of likely N-dealkylation sites (tertiary alicyclic amines) is 1. The van der Waals surface area contributed by atoms with Crippen LogP contribution in [0.5, 0.6) is 0 Å². The molecule has 0 bridgehead atoms. The van der Waals surface area contributed by atoms with Gasteiger partial charge in [0, 0.05) is 0 Å². The Balaban J connectivity index is 2.09. The second-order valence-corrected chi connectivity index (χ2v) is 6.32. The fourth-order valence-corrected chi connectivity index (χ4v) is 3.36. The molecule has 1 aromatic rings. The average Bonchev–Trinajstić information content (AvgIpc) is 2.57. The van der Waals surface area contributed by atoms with E-state index in [2.05, 4.69) is 42.2 Å². The molecule has 2 heteroatoms. The van der Waals surface area contributed by atoms with Crippen LogP contribution >= 0.6 is 0 Å². The van der Waals surface area contributed by atoms with Crippen molar-refractivity contribution in [2.24, 2.45) is 0 Å². The number of unbranched alkanes of at least 4 members (excludes halogenated alkanes) is 1. The van der Waals surface area contributed by atoms with Gasteiger partial charge in [0.05, 0.1) is 11.5 Å². The molecule has 0 saturated carbocycles. The Labute approximate surface area is 129 Å². The summed E-state index contributed by atoms with van der Waals surface area (Å²) >= 11 is 0. The van der Waals surface area contributed by atoms with Crippen LogP contribution in [0.25, 0.3) is 0 Å². The maximum absolute atomic E-state index is 9.92. The third-order valence-electron chi connectivity index (χ3n) is 4.80. The normalized spacial score (nSPS) is 18.9. The molecule has 2 nitrogen and oxygen atoms in total. The maximum atomic E-state index is 9.92. The van der Waals surface area contributed by atoms with Crippen LogP contribution < -0.4 is 0 Å². The van der Waals surface area contributed by atoms with Crippen LogP contribution in [0.2, 0.25) is 0 Å². The summed E-state index contributed by atoms with van der Waals surface area (Å²) in [4.78, 5) is 2.55. The van der Waals surface area contributed by atoms with Gasteiger partial charge in [-0.15, -0.1) is 0 Å². The van der Waals surface area contributed by atoms with Gasteiger partial charge in [-0.05, 0) is 50.9 Å². The minimum Gasteiger partial charge on any atom is -0.303 e. The minimum absolute atomic E-state index is 0.297. The first-order valence-corrected chi connectivity index (χ1v) is 8.50. The molecule has 2 rings (SSSR count). The van der Waals surface area contributed by atoms with Gasteiger partial charge >= 0.3 is 0 Å². The largest absolute Gasteiger partial charge is 0.303 e. The molecule has 0 amide bonds. The van der Waals surface area contributed by atoms with Crippen LogP contribution in [-0.2, 0) is 5.41 Å². The van der Waals surface area contributed by atoms with E-state index in [1.165, 1.54) is 37.9 Å². The van der Waals surface area contributed by atoms with Crippen molar-refractivity contribution in [1.82, 2.24) is 4.90 Å². The van der Waals surface area contributed by atoms with E-state index in [-0.39, 0.29) is 5.41 Å². The van der Waals surface area contributed by atoms with Crippen LogP contribution in [0.4, 0.5) is 0 Å². The van der Waals surface area contributed by atoms with Crippen molar-refractivity contribution in [2.75, 3.05) is 19.6 Å². The highest BCUT2D eigenvalue weighted by Gasteiger charge is 2.32. The highest BCUT2D eigenvalue weighted by Crippen LogP contribution is 2.33. The third kappa shape index (κ3) is 4.32. The summed E-state index contributed by atoms with van der Waals surface area (Å²) in [7, 11) is 0. The molecule has 0 aliphatic carbocycles. The SMILES string of the molecule is CCCCC(C#N)(CCN1CCCCC1)c1ccccc1. The van der Waals surface area contributed by atoms with E-state index in [1.54, 1.807) is 0 Å². The van der Waals surface area contributed by atoms with Crippen molar-refractivity contribution < 1.29 is 0 Å². The van der Waals surface area contributed by atoms with Crippen molar-refractivity contribution in [3.05, 3.63) is 35.9 Å². The van der Waals surface area contributed by atoms with E-state index in [1.807, 2.05) is 6.07 Å². The molecule has 0 radical (unpaired) electrons.